The zero-order valence-corrected chi connectivity index (χ0v) is 19.7. The van der Waals surface area contributed by atoms with Crippen LogP contribution in [0.15, 0.2) is 52.3 Å². The second-order valence-corrected chi connectivity index (χ2v) is 10.5. The number of rotatable bonds is 5. The fraction of sp³-hybridized carbons (Fsp3) is 0.0909. The number of anilines is 2. The van der Waals surface area contributed by atoms with E-state index in [1.54, 1.807) is 7.05 Å². The third-order valence-electron chi connectivity index (χ3n) is 5.63. The first-order chi connectivity index (χ1) is 16.3. The normalized spacial score (nSPS) is 13.5. The molecule has 0 saturated carbocycles. The number of carbonyl (C=O) groups excluding carboxylic acids is 2. The number of fused-ring (bicyclic) bond motifs is 2. The molecule has 3 aromatic rings. The Hall–Kier alpha value is -3.62. The number of hydrogen-bond acceptors (Lipinski definition) is 9. The Labute approximate surface area is 200 Å². The molecule has 7 N–H and O–H groups in total. The Balaban J connectivity index is 2.28. The molecule has 1 aliphatic carbocycles. The first-order valence-electron chi connectivity index (χ1n) is 9.95. The van der Waals surface area contributed by atoms with E-state index in [-0.39, 0.29) is 23.2 Å². The van der Waals surface area contributed by atoms with Gasteiger partial charge in [-0.1, -0.05) is 30.3 Å². The summed E-state index contributed by atoms with van der Waals surface area (Å²) >= 11 is 0. The molecule has 0 spiro atoms. The molecule has 3 aromatic carbocycles. The van der Waals surface area contributed by atoms with Crippen LogP contribution >= 0.6 is 0 Å². The molecule has 182 valence electrons. The van der Waals surface area contributed by atoms with Gasteiger partial charge in [-0.15, -0.1) is 0 Å². The summed E-state index contributed by atoms with van der Waals surface area (Å²) in [5, 5.41) is 2.85. The minimum atomic E-state index is -5.15. The largest absolute Gasteiger partial charge is 0.397 e. The molecule has 0 bridgehead atoms. The Morgan fingerprint density at radius 2 is 1.31 bits per heavy atom. The van der Waals surface area contributed by atoms with Crippen molar-refractivity contribution in [2.75, 3.05) is 18.5 Å². The summed E-state index contributed by atoms with van der Waals surface area (Å²) in [6, 6.07) is 9.42. The van der Waals surface area contributed by atoms with E-state index in [2.05, 4.69) is 5.32 Å². The van der Waals surface area contributed by atoms with Gasteiger partial charge in [-0.3, -0.25) is 18.7 Å². The lowest BCUT2D eigenvalue weighted by Gasteiger charge is -2.26. The predicted octanol–water partition coefficient (Wildman–Crippen LogP) is 1.51. The smallest absolute Gasteiger partial charge is 0.298 e. The van der Waals surface area contributed by atoms with Gasteiger partial charge in [-0.05, 0) is 24.7 Å². The fourth-order valence-corrected chi connectivity index (χ4v) is 5.69. The molecule has 1 aliphatic rings. The average Bonchev–Trinajstić information content (AvgIpc) is 2.75. The van der Waals surface area contributed by atoms with Crippen LogP contribution in [-0.4, -0.2) is 44.6 Å². The predicted molar refractivity (Wildman–Crippen MR) is 126 cm³/mol. The van der Waals surface area contributed by atoms with Crippen molar-refractivity contribution in [1.29, 1.82) is 0 Å². The van der Waals surface area contributed by atoms with Gasteiger partial charge in [-0.2, -0.15) is 16.8 Å². The molecule has 0 fully saturated rings. The van der Waals surface area contributed by atoms with Gasteiger partial charge in [0.2, 0.25) is 0 Å². The lowest BCUT2D eigenvalue weighted by molar-refractivity contribution is 0.0980. The summed E-state index contributed by atoms with van der Waals surface area (Å²) in [7, 11) is -8.46. The molecule has 0 unspecified atom stereocenters. The lowest BCUT2D eigenvalue weighted by Crippen LogP contribution is -2.26. The van der Waals surface area contributed by atoms with Crippen molar-refractivity contribution in [3.8, 4) is 11.1 Å². The highest BCUT2D eigenvalue weighted by atomic mass is 32.2. The molecule has 0 aromatic heterocycles. The molecular weight excluding hydrogens is 498 g/mol. The summed E-state index contributed by atoms with van der Waals surface area (Å²) in [4.78, 5) is 25.2. The topological polar surface area (TPSA) is 207 Å². The minimum absolute atomic E-state index is 0.0376. The lowest BCUT2D eigenvalue weighted by atomic mass is 9.79. The van der Waals surface area contributed by atoms with Gasteiger partial charge in [0.25, 0.3) is 20.2 Å². The number of ketones is 2. The summed E-state index contributed by atoms with van der Waals surface area (Å²) in [6.07, 6.45) is 0. The van der Waals surface area contributed by atoms with E-state index >= 15 is 0 Å². The Kier molecular flexibility index (Phi) is 5.78. The summed E-state index contributed by atoms with van der Waals surface area (Å²) in [5.41, 5.74) is 9.15. The maximum absolute atomic E-state index is 13.6. The monoisotopic (exact) mass is 517 g/mol. The van der Waals surface area contributed by atoms with E-state index < -0.39 is 69.7 Å². The van der Waals surface area contributed by atoms with Gasteiger partial charge < -0.3 is 16.8 Å². The molecule has 0 saturated heterocycles. The van der Waals surface area contributed by atoms with Gasteiger partial charge in [-0.25, -0.2) is 0 Å². The molecule has 35 heavy (non-hydrogen) atoms. The van der Waals surface area contributed by atoms with Gasteiger partial charge >= 0.3 is 0 Å². The first kappa shape index (κ1) is 24.5. The zero-order valence-electron chi connectivity index (χ0n) is 18.1. The van der Waals surface area contributed by atoms with Crippen LogP contribution in [0, 0.1) is 0 Å². The zero-order chi connectivity index (χ0) is 25.9. The van der Waals surface area contributed by atoms with E-state index in [4.69, 9.17) is 11.5 Å². The maximum atomic E-state index is 13.6. The molecule has 11 nitrogen and oxygen atoms in total. The maximum Gasteiger partial charge on any atom is 0.298 e. The number of nitrogens with one attached hydrogen (secondary N) is 1. The molecule has 0 aliphatic heterocycles. The van der Waals surface area contributed by atoms with E-state index in [0.29, 0.717) is 5.56 Å². The van der Waals surface area contributed by atoms with Crippen LogP contribution in [0.2, 0.25) is 0 Å². The van der Waals surface area contributed by atoms with E-state index in [0.717, 1.165) is 6.07 Å². The Morgan fingerprint density at radius 3 is 1.83 bits per heavy atom. The van der Waals surface area contributed by atoms with Crippen LogP contribution in [-0.2, 0) is 26.8 Å². The van der Waals surface area contributed by atoms with Gasteiger partial charge in [0.1, 0.15) is 9.79 Å². The Bertz CT molecular complexity index is 1660. The van der Waals surface area contributed by atoms with Gasteiger partial charge in [0, 0.05) is 34.4 Å². The van der Waals surface area contributed by atoms with E-state index in [9.17, 15) is 35.5 Å². The molecule has 4 rings (SSSR count). The molecular formula is C22H19N3O8S2. The number of hydrogen-bond donors (Lipinski definition) is 5. The van der Waals surface area contributed by atoms with Crippen LogP contribution in [0.3, 0.4) is 0 Å². The van der Waals surface area contributed by atoms with Crippen LogP contribution in [0.25, 0.3) is 11.1 Å². The van der Waals surface area contributed by atoms with Crippen LogP contribution in [0.1, 0.15) is 37.4 Å². The second kappa shape index (κ2) is 8.25. The van der Waals surface area contributed by atoms with Crippen molar-refractivity contribution in [2.24, 2.45) is 0 Å². The van der Waals surface area contributed by atoms with Crippen LogP contribution < -0.4 is 16.8 Å². The average molecular weight is 518 g/mol. The first-order valence-corrected chi connectivity index (χ1v) is 12.8. The summed E-state index contributed by atoms with van der Waals surface area (Å²) < 4.78 is 68.7. The number of nitrogens with two attached hydrogens (primary N) is 2. The van der Waals surface area contributed by atoms with Gasteiger partial charge in [0.05, 0.1) is 16.9 Å². The molecule has 0 amide bonds. The number of carbonyl (C=O) groups is 2. The second-order valence-electron chi connectivity index (χ2n) is 7.80. The standard InChI is InChI=1S/C22H19N3O8S2/c1-25-9-10-6-7-14(34(28,29)30)13(8-10)15-16-17(19(24)22(18(15)23)35(31,32)33)21(27)12-5-3-2-4-11(12)20(16)26/h2-8,25H,9,23-24H2,1H3,(H,28,29,30)(H,31,32,33). The summed E-state index contributed by atoms with van der Waals surface area (Å²) in [6.45, 7) is 0.219. The van der Waals surface area contributed by atoms with Crippen molar-refractivity contribution in [3.05, 3.63) is 70.3 Å². The number of benzene rings is 3. The summed E-state index contributed by atoms with van der Waals surface area (Å²) in [5.74, 6) is -1.59. The fourth-order valence-electron chi connectivity index (χ4n) is 4.25. The highest BCUT2D eigenvalue weighted by molar-refractivity contribution is 7.86. The number of nitrogen functional groups attached to an aromatic ring is 2. The quantitative estimate of drug-likeness (QED) is 0.189. The van der Waals surface area contributed by atoms with Crippen molar-refractivity contribution in [3.63, 3.8) is 0 Å². The van der Waals surface area contributed by atoms with Crippen molar-refractivity contribution < 1.29 is 35.5 Å². The van der Waals surface area contributed by atoms with Crippen molar-refractivity contribution in [2.45, 2.75) is 16.3 Å². The molecule has 13 heteroatoms. The van der Waals surface area contributed by atoms with Crippen LogP contribution in [0.5, 0.6) is 0 Å². The SMILES string of the molecule is CNCc1ccc(S(=O)(=O)O)c(-c2c(N)c(S(=O)(=O)O)c(N)c3c2C(=O)c2ccccc2C3=O)c1. The Morgan fingerprint density at radius 1 is 0.771 bits per heavy atom. The van der Waals surface area contributed by atoms with E-state index in [1.807, 2.05) is 0 Å². The third-order valence-corrected chi connectivity index (χ3v) is 7.50. The van der Waals surface area contributed by atoms with Crippen molar-refractivity contribution >= 4 is 43.2 Å². The highest BCUT2D eigenvalue weighted by Gasteiger charge is 2.39. The highest BCUT2D eigenvalue weighted by Crippen LogP contribution is 2.46. The molecule has 0 atom stereocenters. The molecule has 0 radical (unpaired) electrons. The molecule has 0 heterocycles. The minimum Gasteiger partial charge on any atom is -0.397 e. The van der Waals surface area contributed by atoms with Crippen molar-refractivity contribution in [1.82, 2.24) is 5.32 Å². The van der Waals surface area contributed by atoms with E-state index in [1.165, 1.54) is 36.4 Å². The van der Waals surface area contributed by atoms with Gasteiger partial charge in [0.15, 0.2) is 11.6 Å². The third kappa shape index (κ3) is 3.88. The van der Waals surface area contributed by atoms with Crippen LogP contribution in [0.4, 0.5) is 11.4 Å².